The zero-order valence-corrected chi connectivity index (χ0v) is 11.3. The van der Waals surface area contributed by atoms with Crippen molar-refractivity contribution in [3.8, 4) is 17.2 Å². The second-order valence-electron chi connectivity index (χ2n) is 5.42. The molecule has 5 heteroatoms. The SMILES string of the molecule is c1cc2c(cc1-c1nc(C3CCCNC3)no1)CCO2. The fraction of sp³-hybridized carbons (Fsp3) is 0.467. The molecule has 1 N–H and O–H groups in total. The van der Waals surface area contributed by atoms with Crippen molar-refractivity contribution in [2.45, 2.75) is 25.2 Å². The molecule has 3 heterocycles. The molecule has 2 aliphatic rings. The zero-order chi connectivity index (χ0) is 13.4. The number of rotatable bonds is 2. The Kier molecular flexibility index (Phi) is 2.92. The molecule has 2 aromatic rings. The topological polar surface area (TPSA) is 60.2 Å². The Balaban J connectivity index is 1.61. The van der Waals surface area contributed by atoms with Crippen molar-refractivity contribution < 1.29 is 9.26 Å². The van der Waals surface area contributed by atoms with Gasteiger partial charge in [-0.2, -0.15) is 4.98 Å². The van der Waals surface area contributed by atoms with E-state index in [1.165, 1.54) is 12.0 Å². The Hall–Kier alpha value is -1.88. The predicted octanol–water partition coefficient (Wildman–Crippen LogP) is 2.14. The molecule has 1 atom stereocenters. The number of aromatic nitrogens is 2. The highest BCUT2D eigenvalue weighted by Gasteiger charge is 2.22. The molecule has 0 bridgehead atoms. The first-order chi connectivity index (χ1) is 9.90. The summed E-state index contributed by atoms with van der Waals surface area (Å²) in [5.74, 6) is 2.79. The number of hydrogen-bond acceptors (Lipinski definition) is 5. The standard InChI is InChI=1S/C15H17N3O2/c1-2-12(9-16-6-1)14-17-15(20-18-14)11-3-4-13-10(8-11)5-7-19-13/h3-4,8,12,16H,1-2,5-7,9H2. The van der Waals surface area contributed by atoms with E-state index in [0.29, 0.717) is 11.8 Å². The monoisotopic (exact) mass is 271 g/mol. The van der Waals surface area contributed by atoms with Gasteiger partial charge in [-0.15, -0.1) is 0 Å². The van der Waals surface area contributed by atoms with Gasteiger partial charge in [0.2, 0.25) is 0 Å². The van der Waals surface area contributed by atoms with Crippen molar-refractivity contribution in [3.63, 3.8) is 0 Å². The van der Waals surface area contributed by atoms with Gasteiger partial charge in [-0.1, -0.05) is 5.16 Å². The minimum absolute atomic E-state index is 0.374. The number of ether oxygens (including phenoxy) is 1. The second-order valence-corrected chi connectivity index (χ2v) is 5.42. The number of piperidine rings is 1. The largest absolute Gasteiger partial charge is 0.493 e. The predicted molar refractivity (Wildman–Crippen MR) is 73.8 cm³/mol. The summed E-state index contributed by atoms with van der Waals surface area (Å²) in [6.07, 6.45) is 3.26. The quantitative estimate of drug-likeness (QED) is 0.906. The van der Waals surface area contributed by atoms with E-state index in [1.807, 2.05) is 12.1 Å². The first-order valence-corrected chi connectivity index (χ1v) is 7.20. The van der Waals surface area contributed by atoms with E-state index in [9.17, 15) is 0 Å². The average molecular weight is 271 g/mol. The summed E-state index contributed by atoms with van der Waals surface area (Å²) in [6.45, 7) is 2.80. The van der Waals surface area contributed by atoms with Gasteiger partial charge >= 0.3 is 0 Å². The van der Waals surface area contributed by atoms with Crippen LogP contribution in [0.2, 0.25) is 0 Å². The molecule has 1 saturated heterocycles. The van der Waals surface area contributed by atoms with Crippen LogP contribution in [0.3, 0.4) is 0 Å². The van der Waals surface area contributed by atoms with Gasteiger partial charge in [0.25, 0.3) is 5.89 Å². The molecule has 5 nitrogen and oxygen atoms in total. The number of nitrogens with zero attached hydrogens (tertiary/aromatic N) is 2. The first-order valence-electron chi connectivity index (χ1n) is 7.20. The molecule has 0 saturated carbocycles. The van der Waals surface area contributed by atoms with Crippen LogP contribution in [0.25, 0.3) is 11.5 Å². The van der Waals surface area contributed by atoms with Crippen LogP contribution >= 0.6 is 0 Å². The van der Waals surface area contributed by atoms with Crippen LogP contribution in [0.1, 0.15) is 30.1 Å². The summed E-state index contributed by atoms with van der Waals surface area (Å²) in [4.78, 5) is 4.57. The van der Waals surface area contributed by atoms with Crippen molar-refractivity contribution in [2.75, 3.05) is 19.7 Å². The highest BCUT2D eigenvalue weighted by molar-refractivity contribution is 5.58. The van der Waals surface area contributed by atoms with Crippen LogP contribution in [0.4, 0.5) is 0 Å². The molecular formula is C15H17N3O2. The van der Waals surface area contributed by atoms with Gasteiger partial charge in [0.1, 0.15) is 5.75 Å². The number of nitrogens with one attached hydrogen (secondary N) is 1. The third-order valence-electron chi connectivity index (χ3n) is 4.04. The minimum atomic E-state index is 0.374. The molecule has 2 aliphatic heterocycles. The molecule has 0 spiro atoms. The maximum atomic E-state index is 5.51. The Bertz CT molecular complexity index is 617. The molecule has 1 aromatic heterocycles. The lowest BCUT2D eigenvalue weighted by Crippen LogP contribution is -2.28. The van der Waals surface area contributed by atoms with Gasteiger partial charge in [0.15, 0.2) is 5.82 Å². The molecule has 104 valence electrons. The second kappa shape index (κ2) is 4.90. The summed E-state index contributed by atoms with van der Waals surface area (Å²) in [6, 6.07) is 6.07. The maximum absolute atomic E-state index is 5.51. The lowest BCUT2D eigenvalue weighted by molar-refractivity contribution is 0.357. The van der Waals surface area contributed by atoms with Crippen molar-refractivity contribution in [2.24, 2.45) is 0 Å². The molecule has 20 heavy (non-hydrogen) atoms. The van der Waals surface area contributed by atoms with E-state index in [4.69, 9.17) is 9.26 Å². The molecule has 1 aromatic carbocycles. The minimum Gasteiger partial charge on any atom is -0.493 e. The highest BCUT2D eigenvalue weighted by atomic mass is 16.5. The van der Waals surface area contributed by atoms with Crippen molar-refractivity contribution in [1.82, 2.24) is 15.5 Å². The molecule has 0 aliphatic carbocycles. The van der Waals surface area contributed by atoms with E-state index in [2.05, 4.69) is 21.5 Å². The van der Waals surface area contributed by atoms with Crippen LogP contribution in [-0.2, 0) is 6.42 Å². The Labute approximate surface area is 117 Å². The number of fused-ring (bicyclic) bond motifs is 1. The number of benzene rings is 1. The van der Waals surface area contributed by atoms with Crippen LogP contribution in [-0.4, -0.2) is 29.8 Å². The van der Waals surface area contributed by atoms with Crippen LogP contribution < -0.4 is 10.1 Å². The van der Waals surface area contributed by atoms with E-state index in [0.717, 1.165) is 49.7 Å². The Morgan fingerprint density at radius 2 is 2.30 bits per heavy atom. The fourth-order valence-corrected chi connectivity index (χ4v) is 2.91. The molecule has 0 radical (unpaired) electrons. The molecule has 4 rings (SSSR count). The molecular weight excluding hydrogens is 254 g/mol. The Morgan fingerprint density at radius 1 is 1.30 bits per heavy atom. The summed E-state index contributed by atoms with van der Waals surface area (Å²) in [5.41, 5.74) is 2.21. The van der Waals surface area contributed by atoms with E-state index in [-0.39, 0.29) is 0 Å². The van der Waals surface area contributed by atoms with Crippen molar-refractivity contribution in [1.29, 1.82) is 0 Å². The lowest BCUT2D eigenvalue weighted by Gasteiger charge is -2.19. The summed E-state index contributed by atoms with van der Waals surface area (Å²) >= 11 is 0. The zero-order valence-electron chi connectivity index (χ0n) is 11.3. The lowest BCUT2D eigenvalue weighted by atomic mass is 9.99. The average Bonchev–Trinajstić information content (AvgIpc) is 3.16. The van der Waals surface area contributed by atoms with Gasteiger partial charge < -0.3 is 14.6 Å². The van der Waals surface area contributed by atoms with Crippen LogP contribution in [0.15, 0.2) is 22.7 Å². The van der Waals surface area contributed by atoms with Gasteiger partial charge in [0, 0.05) is 24.4 Å². The van der Waals surface area contributed by atoms with E-state index < -0.39 is 0 Å². The van der Waals surface area contributed by atoms with E-state index in [1.54, 1.807) is 0 Å². The summed E-state index contributed by atoms with van der Waals surface area (Å²) in [5, 5.41) is 7.53. The van der Waals surface area contributed by atoms with Crippen LogP contribution in [0, 0.1) is 0 Å². The first kappa shape index (κ1) is 11.9. The van der Waals surface area contributed by atoms with E-state index >= 15 is 0 Å². The smallest absolute Gasteiger partial charge is 0.257 e. The molecule has 0 amide bonds. The van der Waals surface area contributed by atoms with Gasteiger partial charge in [0.05, 0.1) is 6.61 Å². The van der Waals surface area contributed by atoms with Gasteiger partial charge in [-0.25, -0.2) is 0 Å². The highest BCUT2D eigenvalue weighted by Crippen LogP contribution is 2.30. The Morgan fingerprint density at radius 3 is 3.20 bits per heavy atom. The third kappa shape index (κ3) is 2.08. The van der Waals surface area contributed by atoms with Crippen molar-refractivity contribution in [3.05, 3.63) is 29.6 Å². The van der Waals surface area contributed by atoms with Crippen molar-refractivity contribution >= 4 is 0 Å². The van der Waals surface area contributed by atoms with Gasteiger partial charge in [-0.05, 0) is 43.1 Å². The third-order valence-corrected chi connectivity index (χ3v) is 4.04. The normalized spacial score (nSPS) is 21.5. The summed E-state index contributed by atoms with van der Waals surface area (Å²) < 4.78 is 10.9. The van der Waals surface area contributed by atoms with Crippen LogP contribution in [0.5, 0.6) is 5.75 Å². The summed E-state index contributed by atoms with van der Waals surface area (Å²) in [7, 11) is 0. The van der Waals surface area contributed by atoms with Gasteiger partial charge in [-0.3, -0.25) is 0 Å². The maximum Gasteiger partial charge on any atom is 0.257 e. The molecule has 1 fully saturated rings. The fourth-order valence-electron chi connectivity index (χ4n) is 2.91. The number of hydrogen-bond donors (Lipinski definition) is 1. The molecule has 1 unspecified atom stereocenters.